The molecule has 0 saturated heterocycles. The highest BCUT2D eigenvalue weighted by molar-refractivity contribution is 6.12. The Balaban J connectivity index is 1.94. The molecular weight excluding hydrogens is 228 g/mol. The summed E-state index contributed by atoms with van der Waals surface area (Å²) < 4.78 is 0. The molecule has 1 aromatic carbocycles. The van der Waals surface area contributed by atoms with Crippen LogP contribution in [0.1, 0.15) is 26.4 Å². The zero-order valence-electron chi connectivity index (χ0n) is 9.54. The third-order valence-electron chi connectivity index (χ3n) is 2.95. The van der Waals surface area contributed by atoms with Crippen LogP contribution in [0.4, 0.5) is 0 Å². The van der Waals surface area contributed by atoms with E-state index in [1.54, 1.807) is 36.5 Å². The van der Waals surface area contributed by atoms with Crippen LogP contribution in [0.25, 0.3) is 0 Å². The van der Waals surface area contributed by atoms with Crippen LogP contribution in [0.5, 0.6) is 0 Å². The van der Waals surface area contributed by atoms with Crippen molar-refractivity contribution in [3.05, 3.63) is 65.5 Å². The van der Waals surface area contributed by atoms with Gasteiger partial charge in [-0.05, 0) is 23.8 Å². The number of hydrogen-bond donors (Lipinski definition) is 0. The second-order valence-electron chi connectivity index (χ2n) is 4.07. The van der Waals surface area contributed by atoms with Gasteiger partial charge in [0, 0.05) is 11.8 Å². The van der Waals surface area contributed by atoms with E-state index in [1.165, 1.54) is 4.90 Å². The molecule has 4 heteroatoms. The van der Waals surface area contributed by atoms with E-state index < -0.39 is 0 Å². The number of fused-ring (bicyclic) bond motifs is 1. The van der Waals surface area contributed by atoms with E-state index in [9.17, 15) is 9.59 Å². The van der Waals surface area contributed by atoms with Crippen molar-refractivity contribution in [2.45, 2.75) is 6.54 Å². The molecule has 1 aliphatic heterocycles. The van der Waals surface area contributed by atoms with Crippen molar-refractivity contribution in [3.63, 3.8) is 0 Å². The predicted octanol–water partition coefficient (Wildman–Crippen LogP) is 1.88. The van der Waals surface area contributed by atoms with Gasteiger partial charge in [-0.3, -0.25) is 19.5 Å². The first-order chi connectivity index (χ1) is 8.77. The lowest BCUT2D eigenvalue weighted by Gasteiger charge is -2.12. The molecule has 0 radical (unpaired) electrons. The smallest absolute Gasteiger partial charge is 0.269 e. The minimum absolute atomic E-state index is 0.249. The Morgan fingerprint density at radius 1 is 1.11 bits per heavy atom. The Bertz CT molecular complexity index is 623. The van der Waals surface area contributed by atoms with Crippen LogP contribution in [-0.4, -0.2) is 21.7 Å². The molecule has 2 aromatic rings. The number of imide groups is 1. The van der Waals surface area contributed by atoms with Crippen molar-refractivity contribution in [2.24, 2.45) is 0 Å². The van der Waals surface area contributed by atoms with Gasteiger partial charge in [0.05, 0.1) is 6.54 Å². The molecule has 0 N–H and O–H groups in total. The van der Waals surface area contributed by atoms with E-state index in [0.29, 0.717) is 17.8 Å². The maximum Gasteiger partial charge on any atom is 0.279 e. The number of rotatable bonds is 1. The van der Waals surface area contributed by atoms with Crippen molar-refractivity contribution >= 4 is 11.8 Å². The Hall–Kier alpha value is -2.49. The average molecular weight is 238 g/mol. The maximum atomic E-state index is 12.2. The number of carbonyl (C=O) groups excluding carboxylic acids is 2. The third-order valence-corrected chi connectivity index (χ3v) is 2.95. The highest BCUT2D eigenvalue weighted by Crippen LogP contribution is 2.23. The predicted molar refractivity (Wildman–Crippen MR) is 64.9 cm³/mol. The fourth-order valence-corrected chi connectivity index (χ4v) is 2.05. The van der Waals surface area contributed by atoms with E-state index in [-0.39, 0.29) is 11.8 Å². The standard InChI is InChI=1S/C14H10N2O2/c17-13-11-6-2-1-5-10(11)9-16(13)14(18)12-7-3-4-8-15-12/h1-8H,9H2. The quantitative estimate of drug-likeness (QED) is 0.713. The van der Waals surface area contributed by atoms with Crippen LogP contribution < -0.4 is 0 Å². The molecule has 0 unspecified atom stereocenters. The fraction of sp³-hybridized carbons (Fsp3) is 0.0714. The summed E-state index contributed by atoms with van der Waals surface area (Å²) >= 11 is 0. The number of nitrogens with zero attached hydrogens (tertiary/aromatic N) is 2. The lowest BCUT2D eigenvalue weighted by atomic mass is 10.1. The summed E-state index contributed by atoms with van der Waals surface area (Å²) in [5.74, 6) is -0.599. The Morgan fingerprint density at radius 2 is 1.89 bits per heavy atom. The molecule has 0 saturated carbocycles. The van der Waals surface area contributed by atoms with Gasteiger partial charge >= 0.3 is 0 Å². The van der Waals surface area contributed by atoms with Crippen molar-refractivity contribution in [1.29, 1.82) is 0 Å². The number of pyridine rings is 1. The Labute approximate surface area is 104 Å². The molecule has 0 bridgehead atoms. The minimum atomic E-state index is -0.350. The molecule has 2 heterocycles. The molecule has 0 spiro atoms. The Morgan fingerprint density at radius 3 is 2.61 bits per heavy atom. The van der Waals surface area contributed by atoms with E-state index in [2.05, 4.69) is 4.98 Å². The van der Waals surface area contributed by atoms with E-state index in [0.717, 1.165) is 5.56 Å². The van der Waals surface area contributed by atoms with E-state index in [1.807, 2.05) is 12.1 Å². The van der Waals surface area contributed by atoms with Crippen LogP contribution in [-0.2, 0) is 6.54 Å². The number of hydrogen-bond acceptors (Lipinski definition) is 3. The van der Waals surface area contributed by atoms with Gasteiger partial charge < -0.3 is 0 Å². The summed E-state index contributed by atoms with van der Waals surface area (Å²) in [6.45, 7) is 0.324. The molecule has 0 aliphatic carbocycles. The van der Waals surface area contributed by atoms with Gasteiger partial charge in [-0.2, -0.15) is 0 Å². The SMILES string of the molecule is O=C(c1ccccn1)N1Cc2ccccc2C1=O. The molecule has 3 rings (SSSR count). The van der Waals surface area contributed by atoms with Gasteiger partial charge in [0.15, 0.2) is 0 Å². The summed E-state index contributed by atoms with van der Waals surface area (Å²) in [4.78, 5) is 29.5. The number of aromatic nitrogens is 1. The van der Waals surface area contributed by atoms with Gasteiger partial charge in [0.1, 0.15) is 5.69 Å². The fourth-order valence-electron chi connectivity index (χ4n) is 2.05. The summed E-state index contributed by atoms with van der Waals surface area (Å²) in [6, 6.07) is 12.3. The summed E-state index contributed by atoms with van der Waals surface area (Å²) in [5.41, 5.74) is 1.77. The molecule has 2 amide bonds. The highest BCUT2D eigenvalue weighted by atomic mass is 16.2. The monoisotopic (exact) mass is 238 g/mol. The van der Waals surface area contributed by atoms with Crippen molar-refractivity contribution < 1.29 is 9.59 Å². The van der Waals surface area contributed by atoms with Crippen molar-refractivity contribution in [3.8, 4) is 0 Å². The number of benzene rings is 1. The molecule has 1 aromatic heterocycles. The van der Waals surface area contributed by atoms with Gasteiger partial charge in [-0.25, -0.2) is 0 Å². The molecule has 1 aliphatic rings. The summed E-state index contributed by atoms with van der Waals surface area (Å²) in [5, 5.41) is 0. The minimum Gasteiger partial charge on any atom is -0.269 e. The second kappa shape index (κ2) is 4.07. The van der Waals surface area contributed by atoms with E-state index >= 15 is 0 Å². The van der Waals surface area contributed by atoms with Crippen LogP contribution in [0.3, 0.4) is 0 Å². The van der Waals surface area contributed by atoms with Crippen LogP contribution in [0.15, 0.2) is 48.7 Å². The van der Waals surface area contributed by atoms with Gasteiger partial charge in [-0.15, -0.1) is 0 Å². The number of carbonyl (C=O) groups is 2. The first-order valence-corrected chi connectivity index (χ1v) is 5.62. The molecule has 4 nitrogen and oxygen atoms in total. The zero-order valence-corrected chi connectivity index (χ0v) is 9.54. The number of amides is 2. The first-order valence-electron chi connectivity index (χ1n) is 5.62. The van der Waals surface area contributed by atoms with Crippen molar-refractivity contribution in [1.82, 2.24) is 9.88 Å². The lowest BCUT2D eigenvalue weighted by molar-refractivity contribution is 0.0627. The molecule has 18 heavy (non-hydrogen) atoms. The zero-order chi connectivity index (χ0) is 12.5. The van der Waals surface area contributed by atoms with Crippen molar-refractivity contribution in [2.75, 3.05) is 0 Å². The van der Waals surface area contributed by atoms with Crippen LogP contribution >= 0.6 is 0 Å². The first kappa shape index (κ1) is 10.7. The topological polar surface area (TPSA) is 50.3 Å². The average Bonchev–Trinajstić information content (AvgIpc) is 2.77. The van der Waals surface area contributed by atoms with Gasteiger partial charge in [0.25, 0.3) is 11.8 Å². The van der Waals surface area contributed by atoms with Crippen LogP contribution in [0, 0.1) is 0 Å². The Kier molecular flexibility index (Phi) is 2.41. The molecule has 0 atom stereocenters. The van der Waals surface area contributed by atoms with Gasteiger partial charge in [-0.1, -0.05) is 24.3 Å². The molecule has 88 valence electrons. The highest BCUT2D eigenvalue weighted by Gasteiger charge is 2.32. The molecular formula is C14H10N2O2. The summed E-state index contributed by atoms with van der Waals surface area (Å²) in [6.07, 6.45) is 1.54. The third kappa shape index (κ3) is 1.59. The van der Waals surface area contributed by atoms with E-state index in [4.69, 9.17) is 0 Å². The van der Waals surface area contributed by atoms with Gasteiger partial charge in [0.2, 0.25) is 0 Å². The lowest BCUT2D eigenvalue weighted by Crippen LogP contribution is -2.31. The maximum absolute atomic E-state index is 12.2. The second-order valence-corrected chi connectivity index (χ2v) is 4.07. The summed E-state index contributed by atoms with van der Waals surface area (Å²) in [7, 11) is 0. The molecule has 0 fully saturated rings. The largest absolute Gasteiger partial charge is 0.279 e. The normalized spacial score (nSPS) is 13.6. The van der Waals surface area contributed by atoms with Crippen LogP contribution in [0.2, 0.25) is 0 Å².